The molecule has 1 aromatic rings. The van der Waals surface area contributed by atoms with E-state index < -0.39 is 19.1 Å². The normalized spacial score (nSPS) is 15.0. The highest BCUT2D eigenvalue weighted by molar-refractivity contribution is 9.10. The van der Waals surface area contributed by atoms with Crippen LogP contribution in [0.15, 0.2) is 16.6 Å². The van der Waals surface area contributed by atoms with Gasteiger partial charge in [0.15, 0.2) is 11.5 Å². The first-order valence-corrected chi connectivity index (χ1v) is 7.08. The molecule has 2 rings (SSSR count). The Balaban J connectivity index is 2.02. The van der Waals surface area contributed by atoms with E-state index in [4.69, 9.17) is 14.6 Å². The maximum Gasteiger partial charge on any atom is 0.282 e. The monoisotopic (exact) mass is 351 g/mol. The number of ether oxygens (including phenoxy) is 2. The van der Waals surface area contributed by atoms with Crippen LogP contribution < -0.4 is 14.8 Å². The fourth-order valence-electron chi connectivity index (χ4n) is 1.83. The van der Waals surface area contributed by atoms with E-state index in [1.807, 2.05) is 0 Å². The second kappa shape index (κ2) is 6.69. The van der Waals surface area contributed by atoms with Gasteiger partial charge in [0.25, 0.3) is 5.92 Å². The van der Waals surface area contributed by atoms with Crippen LogP contribution in [0.4, 0.5) is 8.78 Å². The van der Waals surface area contributed by atoms with Crippen molar-refractivity contribution in [2.24, 2.45) is 0 Å². The molecule has 7 heteroatoms. The molecule has 0 amide bonds. The largest absolute Gasteiger partial charge is 0.490 e. The van der Waals surface area contributed by atoms with Crippen LogP contribution in [0.25, 0.3) is 0 Å². The van der Waals surface area contributed by atoms with Gasteiger partial charge in [0.2, 0.25) is 0 Å². The standard InChI is InChI=1S/C13H16BrF2NO3/c14-10-4-9(6-17-7-13(15,16)8-18)5-11-12(10)20-3-1-2-19-11/h4-5,17-18H,1-3,6-8H2. The Morgan fingerprint density at radius 2 is 2.05 bits per heavy atom. The molecule has 2 N–H and O–H groups in total. The van der Waals surface area contributed by atoms with E-state index in [0.717, 1.165) is 16.5 Å². The summed E-state index contributed by atoms with van der Waals surface area (Å²) in [7, 11) is 0. The molecular weight excluding hydrogens is 336 g/mol. The fraction of sp³-hybridized carbons (Fsp3) is 0.538. The lowest BCUT2D eigenvalue weighted by Crippen LogP contribution is -2.35. The molecule has 0 saturated carbocycles. The Morgan fingerprint density at radius 1 is 1.30 bits per heavy atom. The van der Waals surface area contributed by atoms with E-state index in [9.17, 15) is 8.78 Å². The summed E-state index contributed by atoms with van der Waals surface area (Å²) in [6.45, 7) is -0.323. The van der Waals surface area contributed by atoms with Gasteiger partial charge in [-0.1, -0.05) is 0 Å². The van der Waals surface area contributed by atoms with Gasteiger partial charge in [0.05, 0.1) is 24.2 Å². The molecule has 1 aliphatic heterocycles. The van der Waals surface area contributed by atoms with Crippen molar-refractivity contribution in [3.63, 3.8) is 0 Å². The molecular formula is C13H16BrF2NO3. The lowest BCUT2D eigenvalue weighted by Gasteiger charge is -2.15. The van der Waals surface area contributed by atoms with E-state index in [-0.39, 0.29) is 6.54 Å². The molecule has 0 fully saturated rings. The zero-order valence-electron chi connectivity index (χ0n) is 10.8. The molecule has 0 unspecified atom stereocenters. The number of halogens is 3. The van der Waals surface area contributed by atoms with Gasteiger partial charge in [-0.25, -0.2) is 8.78 Å². The molecule has 0 aliphatic carbocycles. The van der Waals surface area contributed by atoms with Crippen LogP contribution >= 0.6 is 15.9 Å². The molecule has 20 heavy (non-hydrogen) atoms. The number of aliphatic hydroxyl groups is 1. The summed E-state index contributed by atoms with van der Waals surface area (Å²) < 4.78 is 37.7. The number of nitrogens with one attached hydrogen (secondary N) is 1. The first-order valence-electron chi connectivity index (χ1n) is 6.29. The van der Waals surface area contributed by atoms with Gasteiger partial charge in [-0.3, -0.25) is 0 Å². The van der Waals surface area contributed by atoms with Crippen LogP contribution in [0.1, 0.15) is 12.0 Å². The van der Waals surface area contributed by atoms with E-state index >= 15 is 0 Å². The molecule has 0 saturated heterocycles. The second-order valence-electron chi connectivity index (χ2n) is 4.57. The van der Waals surface area contributed by atoms with Crippen LogP contribution in [0.3, 0.4) is 0 Å². The number of hydrogen-bond donors (Lipinski definition) is 2. The number of rotatable bonds is 5. The van der Waals surface area contributed by atoms with Crippen molar-refractivity contribution in [2.75, 3.05) is 26.4 Å². The highest BCUT2D eigenvalue weighted by Gasteiger charge is 2.26. The Bertz CT molecular complexity index is 471. The number of fused-ring (bicyclic) bond motifs is 1. The second-order valence-corrected chi connectivity index (χ2v) is 5.43. The van der Waals surface area contributed by atoms with E-state index in [2.05, 4.69) is 21.2 Å². The van der Waals surface area contributed by atoms with E-state index in [0.29, 0.717) is 24.7 Å². The van der Waals surface area contributed by atoms with Gasteiger partial charge in [0, 0.05) is 13.0 Å². The zero-order chi connectivity index (χ0) is 14.6. The lowest BCUT2D eigenvalue weighted by atomic mass is 10.2. The summed E-state index contributed by atoms with van der Waals surface area (Å²) >= 11 is 3.39. The van der Waals surface area contributed by atoms with E-state index in [1.165, 1.54) is 0 Å². The molecule has 0 atom stereocenters. The van der Waals surface area contributed by atoms with Crippen LogP contribution in [-0.2, 0) is 6.54 Å². The van der Waals surface area contributed by atoms with Crippen molar-refractivity contribution >= 4 is 15.9 Å². The van der Waals surface area contributed by atoms with Crippen LogP contribution in [0, 0.1) is 0 Å². The predicted molar refractivity (Wildman–Crippen MR) is 73.5 cm³/mol. The Kier molecular flexibility index (Phi) is 5.17. The maximum absolute atomic E-state index is 12.9. The molecule has 0 radical (unpaired) electrons. The third-order valence-corrected chi connectivity index (χ3v) is 3.40. The van der Waals surface area contributed by atoms with Gasteiger partial charge in [-0.2, -0.15) is 0 Å². The van der Waals surface area contributed by atoms with Crippen molar-refractivity contribution < 1.29 is 23.4 Å². The third-order valence-electron chi connectivity index (χ3n) is 2.81. The summed E-state index contributed by atoms with van der Waals surface area (Å²) in [5.74, 6) is -1.85. The Labute approximate surface area is 124 Å². The highest BCUT2D eigenvalue weighted by atomic mass is 79.9. The highest BCUT2D eigenvalue weighted by Crippen LogP contribution is 2.38. The fourth-order valence-corrected chi connectivity index (χ4v) is 2.44. The van der Waals surface area contributed by atoms with Crippen molar-refractivity contribution in [3.05, 3.63) is 22.2 Å². The minimum absolute atomic E-state index is 0.255. The average Bonchev–Trinajstić information content (AvgIpc) is 2.64. The molecule has 0 bridgehead atoms. The van der Waals surface area contributed by atoms with Crippen LogP contribution in [0.2, 0.25) is 0 Å². The molecule has 112 valence electrons. The first kappa shape index (κ1) is 15.5. The van der Waals surface area contributed by atoms with Gasteiger partial charge in [-0.05, 0) is 33.6 Å². The average molecular weight is 352 g/mol. The zero-order valence-corrected chi connectivity index (χ0v) is 12.4. The summed E-state index contributed by atoms with van der Waals surface area (Å²) in [5.41, 5.74) is 0.801. The molecule has 1 aliphatic rings. The minimum atomic E-state index is -3.11. The number of alkyl halides is 2. The van der Waals surface area contributed by atoms with Crippen molar-refractivity contribution in [3.8, 4) is 11.5 Å². The topological polar surface area (TPSA) is 50.7 Å². The van der Waals surface area contributed by atoms with Crippen LogP contribution in [0.5, 0.6) is 11.5 Å². The summed E-state index contributed by atoms with van der Waals surface area (Å²) in [6.07, 6.45) is 0.803. The Hall–Kier alpha value is -0.920. The van der Waals surface area contributed by atoms with Crippen molar-refractivity contribution in [2.45, 2.75) is 18.9 Å². The third kappa shape index (κ3) is 4.04. The predicted octanol–water partition coefficient (Wildman–Crippen LogP) is 2.33. The Morgan fingerprint density at radius 3 is 2.80 bits per heavy atom. The number of aliphatic hydroxyl groups excluding tert-OH is 1. The molecule has 1 heterocycles. The van der Waals surface area contributed by atoms with Crippen molar-refractivity contribution in [1.82, 2.24) is 5.32 Å². The van der Waals surface area contributed by atoms with Gasteiger partial charge in [-0.15, -0.1) is 0 Å². The molecule has 0 spiro atoms. The van der Waals surface area contributed by atoms with Crippen LogP contribution in [-0.4, -0.2) is 37.4 Å². The molecule has 4 nitrogen and oxygen atoms in total. The number of benzene rings is 1. The molecule has 0 aromatic heterocycles. The first-order chi connectivity index (χ1) is 9.52. The summed E-state index contributed by atoms with van der Waals surface area (Å²) in [6, 6.07) is 3.58. The number of hydrogen-bond acceptors (Lipinski definition) is 4. The van der Waals surface area contributed by atoms with E-state index in [1.54, 1.807) is 12.1 Å². The minimum Gasteiger partial charge on any atom is -0.490 e. The summed E-state index contributed by atoms with van der Waals surface area (Å²) in [5, 5.41) is 11.1. The summed E-state index contributed by atoms with van der Waals surface area (Å²) in [4.78, 5) is 0. The van der Waals surface area contributed by atoms with Gasteiger partial charge in [0.1, 0.15) is 6.61 Å². The quantitative estimate of drug-likeness (QED) is 0.854. The smallest absolute Gasteiger partial charge is 0.282 e. The SMILES string of the molecule is OCC(F)(F)CNCc1cc(Br)c2c(c1)OCCCO2. The molecule has 1 aromatic carbocycles. The lowest BCUT2D eigenvalue weighted by molar-refractivity contribution is -0.0477. The van der Waals surface area contributed by atoms with Crippen molar-refractivity contribution in [1.29, 1.82) is 0 Å². The van der Waals surface area contributed by atoms with Gasteiger partial charge >= 0.3 is 0 Å². The van der Waals surface area contributed by atoms with Gasteiger partial charge < -0.3 is 19.9 Å². The maximum atomic E-state index is 12.9.